The molecule has 0 bridgehead atoms. The van der Waals surface area contributed by atoms with Crippen LogP contribution in [0, 0.1) is 0 Å². The second kappa shape index (κ2) is 4.02. The van der Waals surface area contributed by atoms with Crippen LogP contribution in [0.4, 0.5) is 4.39 Å². The number of rotatable bonds is 4. The van der Waals surface area contributed by atoms with E-state index in [1.54, 1.807) is 11.6 Å². The summed E-state index contributed by atoms with van der Waals surface area (Å²) in [4.78, 5) is 14.2. The van der Waals surface area contributed by atoms with Crippen LogP contribution in [0.15, 0.2) is 6.20 Å². The SMILES string of the molecule is Cn1c(CF)cnc1CCC(=O)O. The maximum Gasteiger partial charge on any atom is 0.303 e. The maximum atomic E-state index is 12.2. The van der Waals surface area contributed by atoms with Gasteiger partial charge in [0.15, 0.2) is 0 Å². The van der Waals surface area contributed by atoms with Crippen molar-refractivity contribution >= 4 is 5.97 Å². The summed E-state index contributed by atoms with van der Waals surface area (Å²) in [6, 6.07) is 0. The quantitative estimate of drug-likeness (QED) is 0.760. The Kier molecular flexibility index (Phi) is 3.00. The maximum absolute atomic E-state index is 12.2. The third-order valence-electron chi connectivity index (χ3n) is 1.88. The highest BCUT2D eigenvalue weighted by molar-refractivity contribution is 5.66. The van der Waals surface area contributed by atoms with Crippen LogP contribution >= 0.6 is 0 Å². The molecule has 1 heterocycles. The van der Waals surface area contributed by atoms with E-state index in [1.165, 1.54) is 6.20 Å². The molecule has 0 unspecified atom stereocenters. The number of hydrogen-bond donors (Lipinski definition) is 1. The Labute approximate surface area is 75.0 Å². The fourth-order valence-corrected chi connectivity index (χ4v) is 1.06. The van der Waals surface area contributed by atoms with E-state index in [0.717, 1.165) is 0 Å². The Morgan fingerprint density at radius 1 is 1.77 bits per heavy atom. The van der Waals surface area contributed by atoms with Gasteiger partial charge in [-0.25, -0.2) is 9.37 Å². The van der Waals surface area contributed by atoms with E-state index in [1.807, 2.05) is 0 Å². The predicted octanol–water partition coefficient (Wildman–Crippen LogP) is 0.907. The number of carboxylic acid groups (broad SMARTS) is 1. The third-order valence-corrected chi connectivity index (χ3v) is 1.88. The summed E-state index contributed by atoms with van der Waals surface area (Å²) in [6.45, 7) is -0.573. The molecule has 0 aliphatic rings. The molecular formula is C8H11FN2O2. The second-order valence-electron chi connectivity index (χ2n) is 2.75. The summed E-state index contributed by atoms with van der Waals surface area (Å²) in [5, 5.41) is 8.42. The number of carboxylic acids is 1. The lowest BCUT2D eigenvalue weighted by molar-refractivity contribution is -0.137. The topological polar surface area (TPSA) is 55.1 Å². The normalized spacial score (nSPS) is 10.3. The molecule has 0 aliphatic heterocycles. The smallest absolute Gasteiger partial charge is 0.303 e. The molecule has 0 radical (unpaired) electrons. The first-order valence-corrected chi connectivity index (χ1v) is 3.92. The molecule has 0 saturated heterocycles. The van der Waals surface area contributed by atoms with Gasteiger partial charge in [0.25, 0.3) is 0 Å². The molecule has 1 N–H and O–H groups in total. The van der Waals surface area contributed by atoms with E-state index in [9.17, 15) is 9.18 Å². The van der Waals surface area contributed by atoms with E-state index in [0.29, 0.717) is 17.9 Å². The van der Waals surface area contributed by atoms with Gasteiger partial charge in [-0.2, -0.15) is 0 Å². The van der Waals surface area contributed by atoms with Crippen molar-refractivity contribution in [1.29, 1.82) is 0 Å². The number of carbonyl (C=O) groups is 1. The summed E-state index contributed by atoms with van der Waals surface area (Å²) in [5.41, 5.74) is 0.473. The van der Waals surface area contributed by atoms with Crippen LogP contribution in [0.5, 0.6) is 0 Å². The first-order valence-electron chi connectivity index (χ1n) is 3.92. The zero-order valence-electron chi connectivity index (χ0n) is 7.33. The molecular weight excluding hydrogens is 175 g/mol. The third kappa shape index (κ3) is 2.27. The molecule has 0 atom stereocenters. The molecule has 4 nitrogen and oxygen atoms in total. The lowest BCUT2D eigenvalue weighted by Crippen LogP contribution is -2.04. The molecule has 0 fully saturated rings. The van der Waals surface area contributed by atoms with Gasteiger partial charge in [-0.05, 0) is 0 Å². The van der Waals surface area contributed by atoms with E-state index in [4.69, 9.17) is 5.11 Å². The van der Waals surface area contributed by atoms with Crippen molar-refractivity contribution in [1.82, 2.24) is 9.55 Å². The molecule has 0 amide bonds. The van der Waals surface area contributed by atoms with E-state index >= 15 is 0 Å². The molecule has 0 spiro atoms. The summed E-state index contributed by atoms with van der Waals surface area (Å²) >= 11 is 0. The zero-order valence-corrected chi connectivity index (χ0v) is 7.33. The fraction of sp³-hybridized carbons (Fsp3) is 0.500. The van der Waals surface area contributed by atoms with E-state index in [2.05, 4.69) is 4.98 Å². The average molecular weight is 186 g/mol. The lowest BCUT2D eigenvalue weighted by Gasteiger charge is -2.01. The van der Waals surface area contributed by atoms with Gasteiger partial charge >= 0.3 is 5.97 Å². The number of nitrogens with zero attached hydrogens (tertiary/aromatic N) is 2. The van der Waals surface area contributed by atoms with E-state index < -0.39 is 12.6 Å². The molecule has 1 aromatic heterocycles. The molecule has 0 aromatic carbocycles. The summed E-state index contributed by atoms with van der Waals surface area (Å²) in [5.74, 6) is -0.264. The number of halogens is 1. The summed E-state index contributed by atoms with van der Waals surface area (Å²) < 4.78 is 13.8. The zero-order chi connectivity index (χ0) is 9.84. The number of alkyl halides is 1. The van der Waals surface area contributed by atoms with Gasteiger partial charge in [0, 0.05) is 13.5 Å². The Morgan fingerprint density at radius 3 is 2.92 bits per heavy atom. The van der Waals surface area contributed by atoms with E-state index in [-0.39, 0.29) is 6.42 Å². The van der Waals surface area contributed by atoms with Crippen LogP contribution in [0.2, 0.25) is 0 Å². The van der Waals surface area contributed by atoms with Crippen molar-refractivity contribution in [2.75, 3.05) is 0 Å². The Balaban J connectivity index is 2.67. The summed E-state index contributed by atoms with van der Waals surface area (Å²) in [7, 11) is 1.68. The van der Waals surface area contributed by atoms with Gasteiger partial charge in [-0.3, -0.25) is 4.79 Å². The van der Waals surface area contributed by atoms with Gasteiger partial charge in [-0.1, -0.05) is 0 Å². The number of aromatic nitrogens is 2. The first-order chi connectivity index (χ1) is 6.15. The molecule has 5 heteroatoms. The molecule has 1 rings (SSSR count). The van der Waals surface area contributed by atoms with Crippen molar-refractivity contribution in [3.8, 4) is 0 Å². The van der Waals surface area contributed by atoms with Crippen molar-refractivity contribution in [2.45, 2.75) is 19.5 Å². The predicted molar refractivity (Wildman–Crippen MR) is 44.0 cm³/mol. The van der Waals surface area contributed by atoms with Crippen LogP contribution in [-0.2, 0) is 24.9 Å². The molecule has 13 heavy (non-hydrogen) atoms. The van der Waals surface area contributed by atoms with Gasteiger partial charge in [0.1, 0.15) is 12.5 Å². The van der Waals surface area contributed by atoms with Gasteiger partial charge in [0.05, 0.1) is 18.3 Å². The van der Waals surface area contributed by atoms with Gasteiger partial charge in [0.2, 0.25) is 0 Å². The van der Waals surface area contributed by atoms with Crippen LogP contribution in [0.3, 0.4) is 0 Å². The Morgan fingerprint density at radius 2 is 2.46 bits per heavy atom. The van der Waals surface area contributed by atoms with Crippen molar-refractivity contribution in [3.63, 3.8) is 0 Å². The molecule has 1 aromatic rings. The molecule has 72 valence electrons. The Bertz CT molecular complexity index is 309. The fourth-order valence-electron chi connectivity index (χ4n) is 1.06. The van der Waals surface area contributed by atoms with Crippen molar-refractivity contribution in [3.05, 3.63) is 17.7 Å². The first kappa shape index (κ1) is 9.70. The van der Waals surface area contributed by atoms with Crippen LogP contribution < -0.4 is 0 Å². The minimum atomic E-state index is -0.871. The number of hydrogen-bond acceptors (Lipinski definition) is 2. The average Bonchev–Trinajstić information content (AvgIpc) is 2.43. The van der Waals surface area contributed by atoms with Crippen LogP contribution in [0.1, 0.15) is 17.9 Å². The van der Waals surface area contributed by atoms with Crippen LogP contribution in [-0.4, -0.2) is 20.6 Å². The molecule has 0 aliphatic carbocycles. The highest BCUT2D eigenvalue weighted by Crippen LogP contribution is 2.06. The standard InChI is InChI=1S/C8H11FN2O2/c1-11-6(4-9)5-10-7(11)2-3-8(12)13/h5H,2-4H2,1H3,(H,12,13). The van der Waals surface area contributed by atoms with Crippen LogP contribution in [0.25, 0.3) is 0 Å². The Hall–Kier alpha value is -1.39. The second-order valence-corrected chi connectivity index (χ2v) is 2.75. The molecule has 0 saturated carbocycles. The number of imidazole rings is 1. The monoisotopic (exact) mass is 186 g/mol. The summed E-state index contributed by atoms with van der Waals surface area (Å²) in [6.07, 6.45) is 1.79. The van der Waals surface area contributed by atoms with Crippen molar-refractivity contribution in [2.24, 2.45) is 7.05 Å². The number of aryl methyl sites for hydroxylation is 1. The van der Waals surface area contributed by atoms with Gasteiger partial charge in [-0.15, -0.1) is 0 Å². The highest BCUT2D eigenvalue weighted by atomic mass is 19.1. The largest absolute Gasteiger partial charge is 0.481 e. The number of aliphatic carboxylic acids is 1. The van der Waals surface area contributed by atoms with Crippen molar-refractivity contribution < 1.29 is 14.3 Å². The minimum absolute atomic E-state index is 0.0244. The lowest BCUT2D eigenvalue weighted by atomic mass is 10.3. The van der Waals surface area contributed by atoms with Gasteiger partial charge < -0.3 is 9.67 Å². The highest BCUT2D eigenvalue weighted by Gasteiger charge is 2.07. The minimum Gasteiger partial charge on any atom is -0.481 e.